The number of alkyl halides is 6. The van der Waals surface area contributed by atoms with Crippen molar-refractivity contribution in [1.82, 2.24) is 0 Å². The van der Waals surface area contributed by atoms with E-state index in [4.69, 9.17) is 10.2 Å². The molecule has 2 N–H and O–H groups in total. The number of hydrogen-bond donors (Lipinski definition) is 2. The Morgan fingerprint density at radius 3 is 0.630 bits per heavy atom. The van der Waals surface area contributed by atoms with Gasteiger partial charge in [0.1, 0.15) is 0 Å². The molecule has 6 atom stereocenters. The molecule has 0 bridgehead atoms. The van der Waals surface area contributed by atoms with Crippen LogP contribution < -0.4 is 0 Å². The lowest BCUT2D eigenvalue weighted by Gasteiger charge is -2.13. The normalized spacial score (nSPS) is 17.2. The lowest BCUT2D eigenvalue weighted by molar-refractivity contribution is 0.107. The van der Waals surface area contributed by atoms with Crippen molar-refractivity contribution in [3.8, 4) is 0 Å². The summed E-state index contributed by atoms with van der Waals surface area (Å²) >= 11 is 0. The second kappa shape index (κ2) is 52.2. The quantitative estimate of drug-likeness (QED) is 0.134. The summed E-state index contributed by atoms with van der Waals surface area (Å²) in [5.41, 5.74) is 0.750. The highest BCUT2D eigenvalue weighted by Crippen LogP contribution is 2.51. The molecule has 0 aromatic rings. The van der Waals surface area contributed by atoms with Gasteiger partial charge in [0.25, 0.3) is 0 Å². The molecule has 3 saturated carbocycles. The zero-order chi connectivity index (χ0) is 59.5. The first-order valence-electron chi connectivity index (χ1n) is 30.1. The molecule has 0 spiro atoms. The molecule has 3 aliphatic rings. The summed E-state index contributed by atoms with van der Waals surface area (Å²) in [6.45, 7) is 61.6. The highest BCUT2D eigenvalue weighted by Gasteiger charge is 2.39. The zero-order valence-corrected chi connectivity index (χ0v) is 54.7. The van der Waals surface area contributed by atoms with E-state index < -0.39 is 12.9 Å². The first-order valence-corrected chi connectivity index (χ1v) is 30.1. The molecule has 73 heavy (non-hydrogen) atoms. The van der Waals surface area contributed by atoms with Crippen molar-refractivity contribution >= 4 is 0 Å². The van der Waals surface area contributed by atoms with Gasteiger partial charge in [0.15, 0.2) is 0 Å². The predicted molar refractivity (Wildman–Crippen MR) is 318 cm³/mol. The van der Waals surface area contributed by atoms with Crippen LogP contribution in [-0.2, 0) is 0 Å². The summed E-state index contributed by atoms with van der Waals surface area (Å²) in [6, 6.07) is 0. The van der Waals surface area contributed by atoms with Crippen molar-refractivity contribution in [2.45, 2.75) is 278 Å². The summed E-state index contributed by atoms with van der Waals surface area (Å²) in [5, 5.41) is 17.0. The average Bonchev–Trinajstić information content (AvgIpc) is 4.23. The van der Waals surface area contributed by atoms with Crippen molar-refractivity contribution in [2.75, 3.05) is 26.6 Å². The Balaban J connectivity index is -0.000000133. The van der Waals surface area contributed by atoms with Crippen LogP contribution in [0.5, 0.6) is 0 Å². The second-order valence-electron chi connectivity index (χ2n) is 26.9. The fraction of sp³-hybridized carbons (Fsp3) is 1.00. The molecule has 0 heterocycles. The van der Waals surface area contributed by atoms with Crippen molar-refractivity contribution in [3.63, 3.8) is 0 Å². The predicted octanol–water partition coefficient (Wildman–Crippen LogP) is 22.5. The van der Waals surface area contributed by atoms with Gasteiger partial charge in [0.05, 0.1) is 13.3 Å². The molecule has 0 radical (unpaired) electrons. The largest absolute Gasteiger partial charge is 0.396 e. The Kier molecular flexibility index (Phi) is 61.8. The number of aliphatic hydroxyl groups is 2. The minimum atomic E-state index is -2.14. The molecule has 0 aromatic carbocycles. The summed E-state index contributed by atoms with van der Waals surface area (Å²) in [4.78, 5) is 0. The topological polar surface area (TPSA) is 40.5 Å². The van der Waals surface area contributed by atoms with Crippen LogP contribution >= 0.6 is 0 Å². The van der Waals surface area contributed by atoms with Crippen LogP contribution in [0.15, 0.2) is 0 Å². The maximum absolute atomic E-state index is 11.6. The molecule has 2 nitrogen and oxygen atoms in total. The molecule has 452 valence electrons. The van der Waals surface area contributed by atoms with Crippen molar-refractivity contribution in [2.24, 2.45) is 118 Å². The smallest absolute Gasteiger partial charge is 0.238 e. The maximum atomic E-state index is 11.6. The fourth-order valence-corrected chi connectivity index (χ4v) is 5.05. The monoisotopic (exact) mass is 1070 g/mol. The third-order valence-electron chi connectivity index (χ3n) is 16.7. The first-order chi connectivity index (χ1) is 33.2. The van der Waals surface area contributed by atoms with Gasteiger partial charge >= 0.3 is 0 Å². The highest BCUT2D eigenvalue weighted by molar-refractivity contribution is 4.90. The molecule has 0 unspecified atom stereocenters. The lowest BCUT2D eigenvalue weighted by Crippen LogP contribution is -2.08. The molecule has 3 rings (SSSR count). The van der Waals surface area contributed by atoms with Gasteiger partial charge in [-0.2, -0.15) is 0 Å². The van der Waals surface area contributed by atoms with E-state index in [-0.39, 0.29) is 49.9 Å². The summed E-state index contributed by atoms with van der Waals surface area (Å²) in [5.74, 6) is 11.3. The Bertz CT molecular complexity index is 969. The first kappa shape index (κ1) is 86.4. The summed E-state index contributed by atoms with van der Waals surface area (Å²) < 4.78 is 69.9. The van der Waals surface area contributed by atoms with E-state index in [2.05, 4.69) is 104 Å². The summed E-state index contributed by atoms with van der Waals surface area (Å²) in [6.07, 6.45) is 7.70. The maximum Gasteiger partial charge on any atom is 0.238 e. The molecule has 0 aliphatic heterocycles. The number of hydrogen-bond acceptors (Lipinski definition) is 2. The number of rotatable bonds is 18. The Hall–Kier alpha value is -0.500. The average molecular weight is 1070 g/mol. The number of halogens is 6. The van der Waals surface area contributed by atoms with Crippen LogP contribution in [0.1, 0.15) is 265 Å². The SMILES string of the molecule is CC(C)C(C)C.CC(C)C1(C)CC1.CC(C)C1CC1.CC(C)C1CCCC1.CC(C)[C@@H](C)CC(F)F.CC(C)[C@@H](C)CF.CC(C)[C@@H](C)CO.CC(C)[C@H](C)CC(F)F.CC(C)[C@H](C)CF.CC(C)[C@H](C)CO. The van der Waals surface area contributed by atoms with Gasteiger partial charge in [-0.05, 0) is 144 Å². The second-order valence-corrected chi connectivity index (χ2v) is 26.9. The molecule has 0 saturated heterocycles. The van der Waals surface area contributed by atoms with Crippen molar-refractivity contribution < 1.29 is 36.6 Å². The van der Waals surface area contributed by atoms with Gasteiger partial charge in [0, 0.05) is 26.1 Å². The van der Waals surface area contributed by atoms with Crippen molar-refractivity contribution in [3.05, 3.63) is 0 Å². The van der Waals surface area contributed by atoms with E-state index in [1.807, 2.05) is 96.9 Å². The molecule has 8 heteroatoms. The third-order valence-corrected chi connectivity index (χ3v) is 16.7. The zero-order valence-electron chi connectivity index (χ0n) is 54.7. The van der Waals surface area contributed by atoms with Crippen LogP contribution in [0.2, 0.25) is 0 Å². The number of aliphatic hydroxyl groups excluding tert-OH is 2. The third kappa shape index (κ3) is 65.7. The Labute approximate surface area is 457 Å². The van der Waals surface area contributed by atoms with E-state index in [1.165, 1.54) is 51.4 Å². The van der Waals surface area contributed by atoms with Crippen molar-refractivity contribution in [1.29, 1.82) is 0 Å². The van der Waals surface area contributed by atoms with E-state index in [0.717, 1.165) is 46.8 Å². The standard InChI is InChI=1S/C8H16.2C7H14F2.C7H14.2C6H13F.2C6H14O.C6H12.C6H14/c1-7(2)8-5-3-4-6-8;2*1-5(2)6(3)4-7(8)9;1-6(2)7(3)4-5-7;4*1-5(2)6(3)4-7;1-5(2)6-3-4-6;1-5(2)6(3)4/h7-8H,3-6H2,1-2H3;2*5-7H,4H2,1-3H3;6H,4-5H2,1-3H3;2*5-6H,4H2,1-3H3;2*5-7H,4H2,1-3H3;5-6H,3-4H2,1-2H3;5-6H,1-4H3/t;2*6-;;4*6-;;/m.10.1010../s1. The molecule has 0 amide bonds. The molecule has 0 aromatic heterocycles. The van der Waals surface area contributed by atoms with E-state index >= 15 is 0 Å². The van der Waals surface area contributed by atoms with Gasteiger partial charge in [-0.3, -0.25) is 8.78 Å². The molecular weight excluding hydrogens is 927 g/mol. The van der Waals surface area contributed by atoms with E-state index in [1.54, 1.807) is 0 Å². The van der Waals surface area contributed by atoms with Crippen LogP contribution in [-0.4, -0.2) is 49.6 Å². The molecule has 3 fully saturated rings. The Morgan fingerprint density at radius 1 is 0.356 bits per heavy atom. The summed E-state index contributed by atoms with van der Waals surface area (Å²) in [7, 11) is 0. The van der Waals surface area contributed by atoms with Crippen LogP contribution in [0.3, 0.4) is 0 Å². The minimum absolute atomic E-state index is 0.0394. The van der Waals surface area contributed by atoms with Gasteiger partial charge in [-0.25, -0.2) is 17.6 Å². The Morgan fingerprint density at radius 2 is 0.589 bits per heavy atom. The van der Waals surface area contributed by atoms with Crippen LogP contribution in [0.25, 0.3) is 0 Å². The van der Waals surface area contributed by atoms with E-state index in [9.17, 15) is 26.3 Å². The van der Waals surface area contributed by atoms with Gasteiger partial charge in [0.2, 0.25) is 12.9 Å². The van der Waals surface area contributed by atoms with Gasteiger partial charge < -0.3 is 10.2 Å². The van der Waals surface area contributed by atoms with Gasteiger partial charge in [-0.15, -0.1) is 0 Å². The fourth-order valence-electron chi connectivity index (χ4n) is 5.05. The van der Waals surface area contributed by atoms with E-state index in [0.29, 0.717) is 60.6 Å². The lowest BCUT2D eigenvalue weighted by atomic mass is 9.95. The van der Waals surface area contributed by atoms with Crippen LogP contribution in [0.4, 0.5) is 26.3 Å². The van der Waals surface area contributed by atoms with Crippen LogP contribution in [0, 0.1) is 118 Å². The molecule has 3 aliphatic carbocycles. The molecular formula is C65H138F6O2. The minimum Gasteiger partial charge on any atom is -0.396 e. The van der Waals surface area contributed by atoms with Gasteiger partial charge in [-0.1, -0.05) is 226 Å². The highest BCUT2D eigenvalue weighted by atomic mass is 19.3.